The molecule has 2 rings (SSSR count). The molecule has 1 heterocycles. The highest BCUT2D eigenvalue weighted by molar-refractivity contribution is 7.09. The number of amides is 1. The number of benzene rings is 1. The van der Waals surface area contributed by atoms with Crippen molar-refractivity contribution >= 4 is 22.9 Å². The molecule has 0 spiro atoms. The van der Waals surface area contributed by atoms with E-state index < -0.39 is 0 Å². The van der Waals surface area contributed by atoms with Gasteiger partial charge in [0.2, 0.25) is 5.91 Å². The van der Waals surface area contributed by atoms with E-state index >= 15 is 0 Å². The molecule has 0 radical (unpaired) electrons. The maximum Gasteiger partial charge on any atom is 0.230 e. The number of aryl methyl sites for hydroxylation is 2. The van der Waals surface area contributed by atoms with E-state index in [1.165, 1.54) is 0 Å². The van der Waals surface area contributed by atoms with Crippen LogP contribution in [0.4, 0.5) is 5.69 Å². The van der Waals surface area contributed by atoms with Crippen LogP contribution in [0.5, 0.6) is 0 Å². The second kappa shape index (κ2) is 6.83. The van der Waals surface area contributed by atoms with Gasteiger partial charge in [-0.15, -0.1) is 11.3 Å². The van der Waals surface area contributed by atoms with E-state index in [1.807, 2.05) is 45.5 Å². The van der Waals surface area contributed by atoms with Crippen molar-refractivity contribution in [1.82, 2.24) is 9.88 Å². The van der Waals surface area contributed by atoms with E-state index in [-0.39, 0.29) is 5.91 Å². The molecule has 1 aromatic heterocycles. The van der Waals surface area contributed by atoms with Crippen molar-refractivity contribution in [1.29, 1.82) is 0 Å². The molecule has 0 aliphatic heterocycles. The molecule has 0 unspecified atom stereocenters. The summed E-state index contributed by atoms with van der Waals surface area (Å²) in [4.78, 5) is 18.6. The number of thiazole rings is 1. The highest BCUT2D eigenvalue weighted by Gasteiger charge is 2.09. The fourth-order valence-electron chi connectivity index (χ4n) is 2.19. The number of aromatic nitrogens is 1. The van der Waals surface area contributed by atoms with Crippen molar-refractivity contribution in [2.24, 2.45) is 0 Å². The Kier molecular flexibility index (Phi) is 5.09. The lowest BCUT2D eigenvalue weighted by molar-refractivity contribution is -0.115. The third-order valence-corrected chi connectivity index (χ3v) is 3.78. The molecule has 1 amide bonds. The summed E-state index contributed by atoms with van der Waals surface area (Å²) in [5, 5.41) is 5.93. The summed E-state index contributed by atoms with van der Waals surface area (Å²) >= 11 is 1.60. The SMILES string of the molecule is Cc1cc(C)cc(NC(=O)Cc2csc(CN(C)C)n2)c1. The average molecular weight is 303 g/mol. The minimum absolute atomic E-state index is 0.0262. The Balaban J connectivity index is 1.96. The number of carbonyl (C=O) groups excluding carboxylic acids is 1. The van der Waals surface area contributed by atoms with Gasteiger partial charge in [-0.2, -0.15) is 0 Å². The van der Waals surface area contributed by atoms with E-state index in [9.17, 15) is 4.79 Å². The highest BCUT2D eigenvalue weighted by atomic mass is 32.1. The molecule has 0 saturated heterocycles. The van der Waals surface area contributed by atoms with Gasteiger partial charge in [-0.05, 0) is 51.2 Å². The summed E-state index contributed by atoms with van der Waals surface area (Å²) in [5.41, 5.74) is 3.97. The number of hydrogen-bond acceptors (Lipinski definition) is 4. The van der Waals surface area contributed by atoms with Crippen molar-refractivity contribution in [2.45, 2.75) is 26.8 Å². The van der Waals surface area contributed by atoms with Gasteiger partial charge in [0, 0.05) is 17.6 Å². The first kappa shape index (κ1) is 15.7. The van der Waals surface area contributed by atoms with Crippen LogP contribution in [-0.4, -0.2) is 29.9 Å². The molecule has 21 heavy (non-hydrogen) atoms. The Hall–Kier alpha value is -1.72. The first-order valence-electron chi connectivity index (χ1n) is 6.88. The summed E-state index contributed by atoms with van der Waals surface area (Å²) < 4.78 is 0. The Morgan fingerprint density at radius 3 is 2.52 bits per heavy atom. The zero-order valence-corrected chi connectivity index (χ0v) is 13.8. The third-order valence-electron chi connectivity index (χ3n) is 2.90. The van der Waals surface area contributed by atoms with Crippen molar-refractivity contribution in [3.05, 3.63) is 45.4 Å². The largest absolute Gasteiger partial charge is 0.326 e. The van der Waals surface area contributed by atoms with Gasteiger partial charge in [0.1, 0.15) is 5.01 Å². The number of carbonyl (C=O) groups is 1. The van der Waals surface area contributed by atoms with Gasteiger partial charge < -0.3 is 10.2 Å². The molecule has 0 bridgehead atoms. The molecule has 0 aliphatic carbocycles. The van der Waals surface area contributed by atoms with Crippen LogP contribution in [0, 0.1) is 13.8 Å². The molecule has 1 aromatic carbocycles. The van der Waals surface area contributed by atoms with Crippen LogP contribution in [0.3, 0.4) is 0 Å². The van der Waals surface area contributed by atoms with Gasteiger partial charge in [-0.1, -0.05) is 6.07 Å². The lowest BCUT2D eigenvalue weighted by Crippen LogP contribution is -2.15. The van der Waals surface area contributed by atoms with Gasteiger partial charge in [0.05, 0.1) is 12.1 Å². The maximum absolute atomic E-state index is 12.1. The van der Waals surface area contributed by atoms with Crippen molar-refractivity contribution in [3.63, 3.8) is 0 Å². The van der Waals surface area contributed by atoms with Gasteiger partial charge >= 0.3 is 0 Å². The van der Waals surface area contributed by atoms with Crippen molar-refractivity contribution < 1.29 is 4.79 Å². The first-order chi connectivity index (χ1) is 9.92. The molecular weight excluding hydrogens is 282 g/mol. The van der Waals surface area contributed by atoms with E-state index in [4.69, 9.17) is 0 Å². The third kappa shape index (κ3) is 4.95. The fourth-order valence-corrected chi connectivity index (χ4v) is 3.10. The monoisotopic (exact) mass is 303 g/mol. The Morgan fingerprint density at radius 2 is 1.90 bits per heavy atom. The normalized spacial score (nSPS) is 10.9. The number of nitrogens with zero attached hydrogens (tertiary/aromatic N) is 2. The maximum atomic E-state index is 12.1. The predicted octanol–water partition coefficient (Wildman–Crippen LogP) is 3.00. The van der Waals surface area contributed by atoms with E-state index in [1.54, 1.807) is 11.3 Å². The smallest absolute Gasteiger partial charge is 0.230 e. The summed E-state index contributed by atoms with van der Waals surface area (Å²) in [7, 11) is 4.02. The summed E-state index contributed by atoms with van der Waals surface area (Å²) in [6.07, 6.45) is 0.316. The van der Waals surface area contributed by atoms with E-state index in [2.05, 4.69) is 21.3 Å². The molecule has 0 atom stereocenters. The Labute approximate surface area is 129 Å². The van der Waals surface area contributed by atoms with Gasteiger partial charge in [-0.25, -0.2) is 4.98 Å². The standard InChI is InChI=1S/C16H21N3OS/c1-11-5-12(2)7-13(6-11)17-15(20)8-14-10-21-16(18-14)9-19(3)4/h5-7,10H,8-9H2,1-4H3,(H,17,20). The molecule has 2 aromatic rings. The Morgan fingerprint density at radius 1 is 1.24 bits per heavy atom. The van der Waals surface area contributed by atoms with Crippen LogP contribution < -0.4 is 5.32 Å². The quantitative estimate of drug-likeness (QED) is 0.923. The van der Waals surface area contributed by atoms with Crippen LogP contribution in [-0.2, 0) is 17.8 Å². The highest BCUT2D eigenvalue weighted by Crippen LogP contribution is 2.15. The van der Waals surface area contributed by atoms with Gasteiger partial charge in [-0.3, -0.25) is 4.79 Å². The number of hydrogen-bond donors (Lipinski definition) is 1. The van der Waals surface area contributed by atoms with Crippen LogP contribution in [0.1, 0.15) is 21.8 Å². The zero-order chi connectivity index (χ0) is 15.4. The molecular formula is C16H21N3OS. The molecule has 1 N–H and O–H groups in total. The van der Waals surface area contributed by atoms with Gasteiger partial charge in [0.15, 0.2) is 0 Å². The topological polar surface area (TPSA) is 45.2 Å². The second-order valence-electron chi connectivity index (χ2n) is 5.57. The van der Waals surface area contributed by atoms with Crippen LogP contribution in [0.15, 0.2) is 23.6 Å². The summed E-state index contributed by atoms with van der Waals surface area (Å²) in [6.45, 7) is 4.86. The zero-order valence-electron chi connectivity index (χ0n) is 12.9. The summed E-state index contributed by atoms with van der Waals surface area (Å²) in [6, 6.07) is 6.04. The average Bonchev–Trinajstić information content (AvgIpc) is 2.73. The molecule has 5 heteroatoms. The van der Waals surface area contributed by atoms with Crippen LogP contribution >= 0.6 is 11.3 Å². The van der Waals surface area contributed by atoms with Crippen molar-refractivity contribution in [2.75, 3.05) is 19.4 Å². The summed E-state index contributed by atoms with van der Waals surface area (Å²) in [5.74, 6) is -0.0262. The van der Waals surface area contributed by atoms with Crippen LogP contribution in [0.25, 0.3) is 0 Å². The Bertz CT molecular complexity index is 614. The van der Waals surface area contributed by atoms with Gasteiger partial charge in [0.25, 0.3) is 0 Å². The molecule has 0 fully saturated rings. The van der Waals surface area contributed by atoms with Crippen molar-refractivity contribution in [3.8, 4) is 0 Å². The van der Waals surface area contributed by atoms with Crippen LogP contribution in [0.2, 0.25) is 0 Å². The minimum Gasteiger partial charge on any atom is -0.326 e. The number of nitrogens with one attached hydrogen (secondary N) is 1. The van der Waals surface area contributed by atoms with E-state index in [0.717, 1.165) is 34.1 Å². The second-order valence-corrected chi connectivity index (χ2v) is 6.51. The predicted molar refractivity (Wildman–Crippen MR) is 87.8 cm³/mol. The lowest BCUT2D eigenvalue weighted by atomic mass is 10.1. The minimum atomic E-state index is -0.0262. The number of rotatable bonds is 5. The molecule has 0 saturated carbocycles. The number of anilines is 1. The van der Waals surface area contributed by atoms with E-state index in [0.29, 0.717) is 6.42 Å². The molecule has 0 aliphatic rings. The first-order valence-corrected chi connectivity index (χ1v) is 7.76. The lowest BCUT2D eigenvalue weighted by Gasteiger charge is -2.07. The molecule has 4 nitrogen and oxygen atoms in total. The fraction of sp³-hybridized carbons (Fsp3) is 0.375. The molecule has 112 valence electrons.